The van der Waals surface area contributed by atoms with Crippen LogP contribution in [0.5, 0.6) is 0 Å². The zero-order valence-electron chi connectivity index (χ0n) is 8.54. The van der Waals surface area contributed by atoms with Crippen LogP contribution in [0.3, 0.4) is 0 Å². The Morgan fingerprint density at radius 3 is 2.53 bits per heavy atom. The predicted octanol–water partition coefficient (Wildman–Crippen LogP) is 5.46. The van der Waals surface area contributed by atoms with Crippen molar-refractivity contribution in [1.82, 2.24) is 0 Å². The molecular weight excluding hydrogens is 432 g/mol. The lowest BCUT2D eigenvalue weighted by Gasteiger charge is -2.03. The second kappa shape index (κ2) is 5.78. The minimum absolute atomic E-state index is 0.118. The van der Waals surface area contributed by atoms with Crippen LogP contribution in [0.2, 0.25) is 0 Å². The van der Waals surface area contributed by atoms with Crippen LogP contribution in [-0.2, 0) is 6.42 Å². The molecule has 0 aliphatic carbocycles. The van der Waals surface area contributed by atoms with Gasteiger partial charge in [0, 0.05) is 25.8 Å². The normalized spacial score (nSPS) is 10.5. The zero-order valence-corrected chi connectivity index (χ0v) is 14.1. The van der Waals surface area contributed by atoms with Gasteiger partial charge < -0.3 is 0 Å². The number of carbonyl (C=O) groups excluding carboxylic acids is 1. The fourth-order valence-electron chi connectivity index (χ4n) is 1.41. The fourth-order valence-corrected chi connectivity index (χ4v) is 3.72. The highest BCUT2D eigenvalue weighted by molar-refractivity contribution is 9.11. The quantitative estimate of drug-likeness (QED) is 0.581. The van der Waals surface area contributed by atoms with E-state index in [2.05, 4.69) is 47.8 Å². The van der Waals surface area contributed by atoms with E-state index in [9.17, 15) is 4.79 Å². The number of thiophene rings is 1. The summed E-state index contributed by atoms with van der Waals surface area (Å²) in [5.41, 5.74) is 0.712. The lowest BCUT2D eigenvalue weighted by Crippen LogP contribution is -2.03. The number of hydrogen-bond acceptors (Lipinski definition) is 2. The van der Waals surface area contributed by atoms with Crippen LogP contribution >= 0.6 is 59.1 Å². The Hall–Kier alpha value is 0.0300. The monoisotopic (exact) mass is 436 g/mol. The minimum atomic E-state index is 0.118. The zero-order chi connectivity index (χ0) is 12.4. The first kappa shape index (κ1) is 13.5. The van der Waals surface area contributed by atoms with Crippen molar-refractivity contribution in [3.05, 3.63) is 53.5 Å². The van der Waals surface area contributed by atoms with Gasteiger partial charge in [-0.15, -0.1) is 11.3 Å². The number of carbonyl (C=O) groups is 1. The maximum atomic E-state index is 12.1. The minimum Gasteiger partial charge on any atom is -0.294 e. The van der Waals surface area contributed by atoms with Gasteiger partial charge in [-0.1, -0.05) is 31.9 Å². The highest BCUT2D eigenvalue weighted by atomic mass is 79.9. The van der Waals surface area contributed by atoms with Crippen molar-refractivity contribution in [2.24, 2.45) is 0 Å². The number of halogens is 3. The molecule has 1 nitrogen and oxygen atoms in total. The fraction of sp³-hybridized carbons (Fsp3) is 0.0833. The van der Waals surface area contributed by atoms with Crippen LogP contribution in [0, 0.1) is 0 Å². The molecule has 0 unspecified atom stereocenters. The predicted molar refractivity (Wildman–Crippen MR) is 81.9 cm³/mol. The van der Waals surface area contributed by atoms with E-state index in [-0.39, 0.29) is 5.78 Å². The van der Waals surface area contributed by atoms with E-state index in [0.717, 1.165) is 17.6 Å². The molecule has 88 valence electrons. The highest BCUT2D eigenvalue weighted by Gasteiger charge is 2.12. The number of hydrogen-bond donors (Lipinski definition) is 0. The van der Waals surface area contributed by atoms with Crippen LogP contribution in [-0.4, -0.2) is 5.78 Å². The van der Waals surface area contributed by atoms with Crippen LogP contribution in [0.25, 0.3) is 0 Å². The Bertz CT molecular complexity index is 563. The van der Waals surface area contributed by atoms with E-state index in [1.165, 1.54) is 0 Å². The third-order valence-corrected chi connectivity index (χ3v) is 5.00. The first-order valence-corrected chi connectivity index (χ1v) is 7.98. The molecule has 1 heterocycles. The molecule has 0 fully saturated rings. The third kappa shape index (κ3) is 3.50. The molecule has 0 saturated heterocycles. The highest BCUT2D eigenvalue weighted by Crippen LogP contribution is 2.26. The molecule has 0 aliphatic heterocycles. The van der Waals surface area contributed by atoms with Gasteiger partial charge in [-0.3, -0.25) is 4.79 Å². The van der Waals surface area contributed by atoms with Gasteiger partial charge in [0.2, 0.25) is 0 Å². The summed E-state index contributed by atoms with van der Waals surface area (Å²) in [4.78, 5) is 13.2. The topological polar surface area (TPSA) is 17.1 Å². The molecule has 5 heteroatoms. The van der Waals surface area contributed by atoms with E-state index in [0.29, 0.717) is 12.0 Å². The van der Waals surface area contributed by atoms with E-state index >= 15 is 0 Å². The number of ketones is 1. The molecule has 1 aromatic carbocycles. The molecule has 0 spiro atoms. The van der Waals surface area contributed by atoms with Crippen LogP contribution in [0.4, 0.5) is 0 Å². The summed E-state index contributed by atoms with van der Waals surface area (Å²) >= 11 is 11.8. The smallest absolute Gasteiger partial charge is 0.169 e. The summed E-state index contributed by atoms with van der Waals surface area (Å²) in [6, 6.07) is 9.56. The summed E-state index contributed by atoms with van der Waals surface area (Å²) in [7, 11) is 0. The summed E-state index contributed by atoms with van der Waals surface area (Å²) in [5.74, 6) is 0.118. The van der Waals surface area contributed by atoms with Crippen molar-refractivity contribution < 1.29 is 4.79 Å². The molecular formula is C12H7Br3OS. The molecule has 1 aromatic heterocycles. The Balaban J connectivity index is 2.22. The first-order chi connectivity index (χ1) is 8.06. The number of benzene rings is 1. The average Bonchev–Trinajstić information content (AvgIpc) is 2.67. The summed E-state index contributed by atoms with van der Waals surface area (Å²) in [5, 5.41) is 0. The van der Waals surface area contributed by atoms with Crippen LogP contribution in [0.1, 0.15) is 15.2 Å². The molecule has 0 amide bonds. The first-order valence-electron chi connectivity index (χ1n) is 4.79. The van der Waals surface area contributed by atoms with Gasteiger partial charge in [-0.2, -0.15) is 0 Å². The summed E-state index contributed by atoms with van der Waals surface area (Å²) in [6.45, 7) is 0. The summed E-state index contributed by atoms with van der Waals surface area (Å²) in [6.07, 6.45) is 0.436. The van der Waals surface area contributed by atoms with Crippen molar-refractivity contribution in [3.8, 4) is 0 Å². The maximum absolute atomic E-state index is 12.1. The van der Waals surface area contributed by atoms with Gasteiger partial charge in [0.1, 0.15) is 0 Å². The van der Waals surface area contributed by atoms with Crippen molar-refractivity contribution in [3.63, 3.8) is 0 Å². The standard InChI is InChI=1S/C12H7Br3OS/c13-7-1-3-10(14)9(5-7)11(16)6-8-2-4-12(15)17-8/h1-5H,6H2. The van der Waals surface area contributed by atoms with E-state index in [4.69, 9.17) is 0 Å². The number of Topliss-reactive ketones (excluding diaryl/α,β-unsaturated/α-hetero) is 1. The van der Waals surface area contributed by atoms with Crippen molar-refractivity contribution in [2.75, 3.05) is 0 Å². The molecule has 0 saturated carbocycles. The second-order valence-electron chi connectivity index (χ2n) is 3.43. The van der Waals surface area contributed by atoms with Gasteiger partial charge in [0.05, 0.1) is 3.79 Å². The Morgan fingerprint density at radius 2 is 1.88 bits per heavy atom. The molecule has 0 N–H and O–H groups in total. The van der Waals surface area contributed by atoms with Gasteiger partial charge in [0.15, 0.2) is 5.78 Å². The Kier molecular flexibility index (Phi) is 4.58. The maximum Gasteiger partial charge on any atom is 0.169 e. The van der Waals surface area contributed by atoms with Crippen molar-refractivity contribution in [2.45, 2.75) is 6.42 Å². The van der Waals surface area contributed by atoms with Crippen molar-refractivity contribution >= 4 is 64.9 Å². The van der Waals surface area contributed by atoms with Gasteiger partial charge in [-0.25, -0.2) is 0 Å². The SMILES string of the molecule is O=C(Cc1ccc(Br)s1)c1cc(Br)ccc1Br. The Morgan fingerprint density at radius 1 is 1.12 bits per heavy atom. The van der Waals surface area contributed by atoms with E-state index in [1.54, 1.807) is 11.3 Å². The molecule has 0 atom stereocenters. The lowest BCUT2D eigenvalue weighted by atomic mass is 10.1. The summed E-state index contributed by atoms with van der Waals surface area (Å²) < 4.78 is 2.80. The van der Waals surface area contributed by atoms with Gasteiger partial charge in [-0.05, 0) is 46.3 Å². The van der Waals surface area contributed by atoms with Gasteiger partial charge >= 0.3 is 0 Å². The van der Waals surface area contributed by atoms with Crippen molar-refractivity contribution in [1.29, 1.82) is 0 Å². The second-order valence-corrected chi connectivity index (χ2v) is 7.75. The molecule has 0 aliphatic rings. The van der Waals surface area contributed by atoms with Crippen LogP contribution in [0.15, 0.2) is 43.1 Å². The third-order valence-electron chi connectivity index (χ3n) is 2.19. The van der Waals surface area contributed by atoms with E-state index in [1.807, 2.05) is 30.3 Å². The van der Waals surface area contributed by atoms with Gasteiger partial charge in [0.25, 0.3) is 0 Å². The number of rotatable bonds is 3. The molecule has 17 heavy (non-hydrogen) atoms. The largest absolute Gasteiger partial charge is 0.294 e. The molecule has 0 bridgehead atoms. The van der Waals surface area contributed by atoms with Crippen LogP contribution < -0.4 is 0 Å². The van der Waals surface area contributed by atoms with E-state index < -0.39 is 0 Å². The average molecular weight is 439 g/mol. The molecule has 2 rings (SSSR count). The molecule has 0 radical (unpaired) electrons. The lowest BCUT2D eigenvalue weighted by molar-refractivity contribution is 0.0993. The molecule has 2 aromatic rings. The Labute approximate surface area is 129 Å².